The molecule has 1 saturated carbocycles. The molecule has 16 heavy (non-hydrogen) atoms. The molecule has 0 aliphatic heterocycles. The second-order valence-electron chi connectivity index (χ2n) is 4.87. The summed E-state index contributed by atoms with van der Waals surface area (Å²) in [6.45, 7) is 3.18. The van der Waals surface area contributed by atoms with Gasteiger partial charge in [-0.25, -0.2) is 0 Å². The van der Waals surface area contributed by atoms with Crippen LogP contribution >= 0.6 is 0 Å². The summed E-state index contributed by atoms with van der Waals surface area (Å²) < 4.78 is 0. The summed E-state index contributed by atoms with van der Waals surface area (Å²) in [5.74, 6) is 0.863. The number of rotatable bonds is 3. The smallest absolute Gasteiger partial charge is 0.0603 e. The van der Waals surface area contributed by atoms with Gasteiger partial charge in [-0.2, -0.15) is 0 Å². The summed E-state index contributed by atoms with van der Waals surface area (Å²) in [5.41, 5.74) is 2.31. The number of aromatic nitrogens is 1. The van der Waals surface area contributed by atoms with Crippen molar-refractivity contribution in [3.63, 3.8) is 0 Å². The molecule has 1 aliphatic carbocycles. The molecule has 0 saturated heterocycles. The van der Waals surface area contributed by atoms with E-state index in [0.717, 1.165) is 18.2 Å². The standard InChI is InChI=1S/C14H22N2/c1-12-14(9-6-10-15-12)16-11-13-7-4-2-3-5-8-13/h6,9-10,13,16H,2-5,7-8,11H2,1H3. The fourth-order valence-electron chi connectivity index (χ4n) is 2.49. The van der Waals surface area contributed by atoms with Crippen LogP contribution in [0.2, 0.25) is 0 Å². The molecule has 2 rings (SSSR count). The Bertz CT molecular complexity index is 314. The van der Waals surface area contributed by atoms with Crippen LogP contribution in [0.15, 0.2) is 18.3 Å². The number of pyridine rings is 1. The zero-order chi connectivity index (χ0) is 11.2. The zero-order valence-electron chi connectivity index (χ0n) is 10.2. The van der Waals surface area contributed by atoms with Gasteiger partial charge in [-0.3, -0.25) is 4.98 Å². The van der Waals surface area contributed by atoms with Gasteiger partial charge >= 0.3 is 0 Å². The molecule has 0 aromatic carbocycles. The minimum absolute atomic E-state index is 0.863. The maximum Gasteiger partial charge on any atom is 0.0603 e. The second-order valence-corrected chi connectivity index (χ2v) is 4.87. The Morgan fingerprint density at radius 1 is 1.25 bits per heavy atom. The van der Waals surface area contributed by atoms with E-state index in [-0.39, 0.29) is 0 Å². The van der Waals surface area contributed by atoms with E-state index in [1.54, 1.807) is 0 Å². The highest BCUT2D eigenvalue weighted by Gasteiger charge is 2.12. The summed E-state index contributed by atoms with van der Waals surface area (Å²) in [5, 5.41) is 3.55. The fourth-order valence-corrected chi connectivity index (χ4v) is 2.49. The van der Waals surface area contributed by atoms with Gasteiger partial charge in [0, 0.05) is 12.7 Å². The minimum Gasteiger partial charge on any atom is -0.383 e. The van der Waals surface area contributed by atoms with Crippen molar-refractivity contribution in [2.75, 3.05) is 11.9 Å². The molecule has 0 unspecified atom stereocenters. The Morgan fingerprint density at radius 2 is 2.00 bits per heavy atom. The van der Waals surface area contributed by atoms with Crippen LogP contribution in [-0.2, 0) is 0 Å². The molecule has 1 aliphatic rings. The number of nitrogens with one attached hydrogen (secondary N) is 1. The summed E-state index contributed by atoms with van der Waals surface area (Å²) >= 11 is 0. The van der Waals surface area contributed by atoms with E-state index in [2.05, 4.69) is 23.3 Å². The molecule has 1 N–H and O–H groups in total. The minimum atomic E-state index is 0.863. The van der Waals surface area contributed by atoms with Gasteiger partial charge in [0.25, 0.3) is 0 Å². The molecular formula is C14H22N2. The first-order valence-corrected chi connectivity index (χ1v) is 6.52. The van der Waals surface area contributed by atoms with Crippen molar-refractivity contribution in [3.05, 3.63) is 24.0 Å². The SMILES string of the molecule is Cc1ncccc1NCC1CCCCCC1. The molecule has 1 aromatic heterocycles. The van der Waals surface area contributed by atoms with Gasteiger partial charge in [-0.05, 0) is 37.8 Å². The van der Waals surface area contributed by atoms with Gasteiger partial charge in [0.05, 0.1) is 11.4 Å². The van der Waals surface area contributed by atoms with E-state index in [4.69, 9.17) is 0 Å². The van der Waals surface area contributed by atoms with E-state index >= 15 is 0 Å². The van der Waals surface area contributed by atoms with Crippen LogP contribution < -0.4 is 5.32 Å². The van der Waals surface area contributed by atoms with Crippen molar-refractivity contribution in [3.8, 4) is 0 Å². The molecule has 0 amide bonds. The Morgan fingerprint density at radius 3 is 2.69 bits per heavy atom. The summed E-state index contributed by atoms with van der Waals surface area (Å²) in [6, 6.07) is 4.13. The van der Waals surface area contributed by atoms with Gasteiger partial charge in [0.1, 0.15) is 0 Å². The van der Waals surface area contributed by atoms with Crippen LogP contribution in [0, 0.1) is 12.8 Å². The highest BCUT2D eigenvalue weighted by molar-refractivity contribution is 5.46. The van der Waals surface area contributed by atoms with Crippen molar-refractivity contribution in [1.29, 1.82) is 0 Å². The third kappa shape index (κ3) is 3.22. The van der Waals surface area contributed by atoms with Crippen molar-refractivity contribution in [1.82, 2.24) is 4.98 Å². The molecule has 1 aromatic rings. The maximum absolute atomic E-state index is 4.30. The van der Waals surface area contributed by atoms with Crippen molar-refractivity contribution < 1.29 is 0 Å². The lowest BCUT2D eigenvalue weighted by molar-refractivity contribution is 0.483. The molecular weight excluding hydrogens is 196 g/mol. The zero-order valence-corrected chi connectivity index (χ0v) is 10.2. The molecule has 0 radical (unpaired) electrons. The van der Waals surface area contributed by atoms with E-state index < -0.39 is 0 Å². The Kier molecular flexibility index (Phi) is 4.20. The summed E-state index contributed by atoms with van der Waals surface area (Å²) in [6.07, 6.45) is 10.3. The number of hydrogen-bond donors (Lipinski definition) is 1. The van der Waals surface area contributed by atoms with Crippen molar-refractivity contribution in [2.45, 2.75) is 45.4 Å². The first-order chi connectivity index (χ1) is 7.86. The van der Waals surface area contributed by atoms with Gasteiger partial charge in [0.2, 0.25) is 0 Å². The maximum atomic E-state index is 4.30. The quantitative estimate of drug-likeness (QED) is 0.781. The molecule has 1 heterocycles. The van der Waals surface area contributed by atoms with Crippen molar-refractivity contribution in [2.24, 2.45) is 5.92 Å². The number of nitrogens with zero attached hydrogens (tertiary/aromatic N) is 1. The predicted molar refractivity (Wildman–Crippen MR) is 68.7 cm³/mol. The monoisotopic (exact) mass is 218 g/mol. The van der Waals surface area contributed by atoms with Crippen LogP contribution in [0.5, 0.6) is 0 Å². The van der Waals surface area contributed by atoms with Gasteiger partial charge in [0.15, 0.2) is 0 Å². The molecule has 0 bridgehead atoms. The Hall–Kier alpha value is -1.05. The molecule has 88 valence electrons. The van der Waals surface area contributed by atoms with E-state index in [0.29, 0.717) is 0 Å². The van der Waals surface area contributed by atoms with Gasteiger partial charge < -0.3 is 5.32 Å². The van der Waals surface area contributed by atoms with Crippen LogP contribution in [0.25, 0.3) is 0 Å². The van der Waals surface area contributed by atoms with Crippen molar-refractivity contribution >= 4 is 5.69 Å². The van der Waals surface area contributed by atoms with Crippen LogP contribution in [0.1, 0.15) is 44.2 Å². The molecule has 2 nitrogen and oxygen atoms in total. The third-order valence-electron chi connectivity index (χ3n) is 3.56. The molecule has 0 atom stereocenters. The first kappa shape index (κ1) is 11.4. The molecule has 1 fully saturated rings. The lowest BCUT2D eigenvalue weighted by Gasteiger charge is -2.16. The largest absolute Gasteiger partial charge is 0.383 e. The van der Waals surface area contributed by atoms with E-state index in [9.17, 15) is 0 Å². The van der Waals surface area contributed by atoms with Gasteiger partial charge in [-0.15, -0.1) is 0 Å². The topological polar surface area (TPSA) is 24.9 Å². The second kappa shape index (κ2) is 5.88. The lowest BCUT2D eigenvalue weighted by Crippen LogP contribution is -2.14. The number of anilines is 1. The summed E-state index contributed by atoms with van der Waals surface area (Å²) in [7, 11) is 0. The third-order valence-corrected chi connectivity index (χ3v) is 3.56. The predicted octanol–water partition coefficient (Wildman–Crippen LogP) is 3.77. The summed E-state index contributed by atoms with van der Waals surface area (Å²) in [4.78, 5) is 4.30. The molecule has 0 spiro atoms. The number of aryl methyl sites for hydroxylation is 1. The fraction of sp³-hybridized carbons (Fsp3) is 0.643. The average Bonchev–Trinajstić information content (AvgIpc) is 2.56. The van der Waals surface area contributed by atoms with E-state index in [1.807, 2.05) is 12.3 Å². The first-order valence-electron chi connectivity index (χ1n) is 6.52. The van der Waals surface area contributed by atoms with Crippen LogP contribution in [0.3, 0.4) is 0 Å². The van der Waals surface area contributed by atoms with Gasteiger partial charge in [-0.1, -0.05) is 25.7 Å². The van der Waals surface area contributed by atoms with Crippen LogP contribution in [-0.4, -0.2) is 11.5 Å². The molecule has 2 heteroatoms. The van der Waals surface area contributed by atoms with Crippen LogP contribution in [0.4, 0.5) is 5.69 Å². The Labute approximate surface area is 98.5 Å². The normalized spacial score (nSPS) is 18.1. The number of hydrogen-bond acceptors (Lipinski definition) is 2. The average molecular weight is 218 g/mol. The highest BCUT2D eigenvalue weighted by Crippen LogP contribution is 2.23. The lowest BCUT2D eigenvalue weighted by atomic mass is 10.0. The highest BCUT2D eigenvalue weighted by atomic mass is 14.9. The van der Waals surface area contributed by atoms with E-state index in [1.165, 1.54) is 44.2 Å². The Balaban J connectivity index is 1.84.